The van der Waals surface area contributed by atoms with E-state index in [-0.39, 0.29) is 0 Å². The van der Waals surface area contributed by atoms with Crippen molar-refractivity contribution in [3.8, 4) is 22.8 Å². The van der Waals surface area contributed by atoms with E-state index in [1.165, 1.54) is 27.1 Å². The molecule has 3 aromatic heterocycles. The van der Waals surface area contributed by atoms with E-state index in [1.807, 2.05) is 19.3 Å². The summed E-state index contributed by atoms with van der Waals surface area (Å²) >= 11 is 13.2. The van der Waals surface area contributed by atoms with Gasteiger partial charge in [0.15, 0.2) is 0 Å². The first-order valence-electron chi connectivity index (χ1n) is 11.4. The van der Waals surface area contributed by atoms with Gasteiger partial charge >= 0.3 is 0 Å². The summed E-state index contributed by atoms with van der Waals surface area (Å²) in [6.07, 6.45) is 7.95. The summed E-state index contributed by atoms with van der Waals surface area (Å²) < 4.78 is 17.5. The first-order valence-corrected chi connectivity index (χ1v) is 12.1. The summed E-state index contributed by atoms with van der Waals surface area (Å²) in [6.45, 7) is 2.52. The van der Waals surface area contributed by atoms with Crippen LogP contribution in [0.3, 0.4) is 0 Å². The lowest BCUT2D eigenvalue weighted by Gasteiger charge is -2.16. The van der Waals surface area contributed by atoms with Crippen LogP contribution in [0.2, 0.25) is 10.0 Å². The number of benzene rings is 1. The zero-order valence-electron chi connectivity index (χ0n) is 20.3. The minimum absolute atomic E-state index is 0.335. The fourth-order valence-corrected chi connectivity index (χ4v) is 4.49. The predicted octanol–water partition coefficient (Wildman–Crippen LogP) is 5.35. The van der Waals surface area contributed by atoms with Gasteiger partial charge in [-0.25, -0.2) is 9.97 Å². The van der Waals surface area contributed by atoms with E-state index in [1.54, 1.807) is 29.2 Å². The molecule has 1 fully saturated rings. The third-order valence-electron chi connectivity index (χ3n) is 5.61. The molecule has 3 N–H and O–H groups in total. The molecule has 0 unspecified atom stereocenters. The van der Waals surface area contributed by atoms with Crippen LogP contribution in [0.15, 0.2) is 36.8 Å². The standard InChI is InChI=1S/C21H20Cl2N6O2.C4H8O/c1-29-10-11(8-27-29)7-26-21-13-5-17(24)25-9-12(13)4-14(28-21)18-19(22)15(30-2)6-16(31-3)20(18)23;1-2-4-5-3-1/h4-6,8-10H,7H2,1-3H3,(H2,24,25)(H,26,28);1-4H2. The topological polar surface area (TPSA) is 109 Å². The molecular formula is C25H28Cl2N6O3. The Morgan fingerprint density at radius 3 is 2.31 bits per heavy atom. The molecule has 11 heteroatoms. The van der Waals surface area contributed by atoms with Gasteiger partial charge in [0.1, 0.15) is 23.1 Å². The number of fused-ring (bicyclic) bond motifs is 1. The van der Waals surface area contributed by atoms with Crippen LogP contribution in [0.1, 0.15) is 18.4 Å². The second kappa shape index (κ2) is 11.6. The zero-order chi connectivity index (χ0) is 25.7. The molecule has 0 spiro atoms. The molecular weight excluding hydrogens is 503 g/mol. The van der Waals surface area contributed by atoms with Gasteiger partial charge in [-0.3, -0.25) is 4.68 Å². The maximum atomic E-state index is 6.61. The van der Waals surface area contributed by atoms with Crippen molar-refractivity contribution >= 4 is 45.6 Å². The summed E-state index contributed by atoms with van der Waals surface area (Å²) in [7, 11) is 4.92. The molecule has 36 heavy (non-hydrogen) atoms. The molecule has 1 aliphatic rings. The van der Waals surface area contributed by atoms with Crippen molar-refractivity contribution < 1.29 is 14.2 Å². The predicted molar refractivity (Wildman–Crippen MR) is 143 cm³/mol. The van der Waals surface area contributed by atoms with Gasteiger partial charge in [-0.05, 0) is 25.0 Å². The molecule has 0 amide bonds. The highest BCUT2D eigenvalue weighted by atomic mass is 35.5. The Bertz CT molecular complexity index is 1320. The molecule has 4 heterocycles. The number of rotatable bonds is 6. The third kappa shape index (κ3) is 5.75. The van der Waals surface area contributed by atoms with E-state index in [2.05, 4.69) is 15.4 Å². The van der Waals surface area contributed by atoms with Gasteiger partial charge in [-0.1, -0.05) is 23.2 Å². The Balaban J connectivity index is 0.000000543. The number of nitrogens with one attached hydrogen (secondary N) is 1. The number of nitrogen functional groups attached to an aromatic ring is 1. The molecule has 4 aromatic rings. The maximum Gasteiger partial charge on any atom is 0.141 e. The van der Waals surface area contributed by atoms with Crippen molar-refractivity contribution in [2.75, 3.05) is 38.5 Å². The maximum absolute atomic E-state index is 6.61. The lowest BCUT2D eigenvalue weighted by atomic mass is 10.1. The molecule has 1 aromatic carbocycles. The second-order valence-electron chi connectivity index (χ2n) is 8.17. The number of aryl methyl sites for hydroxylation is 1. The first-order chi connectivity index (χ1) is 17.4. The molecule has 0 saturated carbocycles. The van der Waals surface area contributed by atoms with Crippen molar-refractivity contribution in [1.82, 2.24) is 19.7 Å². The SMILES string of the molecule is C1CCOC1.COc1cc(OC)c(Cl)c(-c2cc3cnc(N)cc3c(NCc3cnn(C)c3)n2)c1Cl. The first kappa shape index (κ1) is 25.8. The Labute approximate surface area is 219 Å². The van der Waals surface area contributed by atoms with Crippen molar-refractivity contribution in [2.45, 2.75) is 19.4 Å². The summed E-state index contributed by atoms with van der Waals surface area (Å²) in [5, 5.41) is 9.86. The third-order valence-corrected chi connectivity index (χ3v) is 6.36. The number of pyridine rings is 2. The van der Waals surface area contributed by atoms with E-state index in [0.717, 1.165) is 29.5 Å². The van der Waals surface area contributed by atoms with Crippen LogP contribution in [0.25, 0.3) is 22.0 Å². The van der Waals surface area contributed by atoms with E-state index < -0.39 is 0 Å². The number of hydrogen-bond donors (Lipinski definition) is 2. The fraction of sp³-hybridized carbons (Fsp3) is 0.320. The van der Waals surface area contributed by atoms with E-state index >= 15 is 0 Å². The Hall–Kier alpha value is -3.27. The van der Waals surface area contributed by atoms with Crippen LogP contribution in [0, 0.1) is 0 Å². The number of nitrogens with two attached hydrogens (primary N) is 1. The molecule has 190 valence electrons. The minimum Gasteiger partial charge on any atom is -0.495 e. The highest BCUT2D eigenvalue weighted by Gasteiger charge is 2.21. The van der Waals surface area contributed by atoms with Crippen molar-refractivity contribution in [2.24, 2.45) is 7.05 Å². The summed E-state index contributed by atoms with van der Waals surface area (Å²) in [5.41, 5.74) is 7.97. The number of ether oxygens (including phenoxy) is 3. The van der Waals surface area contributed by atoms with Gasteiger partial charge in [0.25, 0.3) is 0 Å². The molecule has 5 rings (SSSR count). The summed E-state index contributed by atoms with van der Waals surface area (Å²) in [5.74, 6) is 1.87. The normalized spacial score (nSPS) is 12.8. The lowest BCUT2D eigenvalue weighted by molar-refractivity contribution is 0.198. The number of nitrogens with zero attached hydrogens (tertiary/aromatic N) is 4. The minimum atomic E-state index is 0.335. The molecule has 0 bridgehead atoms. The van der Waals surface area contributed by atoms with Gasteiger partial charge in [0.05, 0.1) is 36.2 Å². The smallest absolute Gasteiger partial charge is 0.141 e. The Morgan fingerprint density at radius 2 is 1.75 bits per heavy atom. The van der Waals surface area contributed by atoms with Crippen molar-refractivity contribution in [3.63, 3.8) is 0 Å². The summed E-state index contributed by atoms with van der Waals surface area (Å²) in [6, 6.07) is 5.26. The number of aromatic nitrogens is 4. The molecule has 0 aliphatic carbocycles. The van der Waals surface area contributed by atoms with E-state index in [0.29, 0.717) is 51.0 Å². The van der Waals surface area contributed by atoms with Crippen molar-refractivity contribution in [3.05, 3.63) is 52.4 Å². The molecule has 1 saturated heterocycles. The van der Waals surface area contributed by atoms with E-state index in [4.69, 9.17) is 48.1 Å². The lowest BCUT2D eigenvalue weighted by Crippen LogP contribution is -2.04. The van der Waals surface area contributed by atoms with Gasteiger partial charge < -0.3 is 25.3 Å². The quantitative estimate of drug-likeness (QED) is 0.343. The number of methoxy groups -OCH3 is 2. The van der Waals surface area contributed by atoms with Crippen LogP contribution < -0.4 is 20.5 Å². The van der Waals surface area contributed by atoms with Gasteiger partial charge in [0, 0.05) is 67.2 Å². The molecule has 0 radical (unpaired) electrons. The van der Waals surface area contributed by atoms with Crippen LogP contribution in [0.5, 0.6) is 11.5 Å². The van der Waals surface area contributed by atoms with Crippen LogP contribution >= 0.6 is 23.2 Å². The highest BCUT2D eigenvalue weighted by molar-refractivity contribution is 6.41. The van der Waals surface area contributed by atoms with Gasteiger partial charge in [-0.2, -0.15) is 5.10 Å². The van der Waals surface area contributed by atoms with Crippen LogP contribution in [0.4, 0.5) is 11.6 Å². The number of halogens is 2. The van der Waals surface area contributed by atoms with Gasteiger partial charge in [0.2, 0.25) is 0 Å². The second-order valence-corrected chi connectivity index (χ2v) is 8.92. The average molecular weight is 531 g/mol. The Morgan fingerprint density at radius 1 is 1.06 bits per heavy atom. The fourth-order valence-electron chi connectivity index (χ4n) is 3.80. The van der Waals surface area contributed by atoms with E-state index in [9.17, 15) is 0 Å². The molecule has 1 aliphatic heterocycles. The van der Waals surface area contributed by atoms with Crippen LogP contribution in [-0.2, 0) is 18.3 Å². The summed E-state index contributed by atoms with van der Waals surface area (Å²) in [4.78, 5) is 9.02. The van der Waals surface area contributed by atoms with Gasteiger partial charge in [-0.15, -0.1) is 0 Å². The molecule has 9 nitrogen and oxygen atoms in total. The van der Waals surface area contributed by atoms with Crippen LogP contribution in [-0.4, -0.2) is 47.2 Å². The molecule has 0 atom stereocenters. The zero-order valence-corrected chi connectivity index (χ0v) is 21.9. The monoisotopic (exact) mass is 530 g/mol. The highest BCUT2D eigenvalue weighted by Crippen LogP contribution is 2.46. The largest absolute Gasteiger partial charge is 0.495 e. The van der Waals surface area contributed by atoms with Crippen molar-refractivity contribution in [1.29, 1.82) is 0 Å². The average Bonchev–Trinajstić information content (AvgIpc) is 3.58. The number of hydrogen-bond acceptors (Lipinski definition) is 8. The number of anilines is 2. The Kier molecular flexibility index (Phi) is 8.35.